The standard InChI is InChI=1S/C10H11FN2/c1-7-2-3-8(9(11)6-7)10(13)4-5-12/h2-6,12H,13H2,1H3/b10-4-,12-5?. The van der Waals surface area contributed by atoms with Crippen LogP contribution in [-0.2, 0) is 0 Å². The second-order valence-corrected chi connectivity index (χ2v) is 2.77. The predicted molar refractivity (Wildman–Crippen MR) is 52.1 cm³/mol. The van der Waals surface area contributed by atoms with E-state index >= 15 is 0 Å². The number of aryl methyl sites for hydroxylation is 1. The molecule has 68 valence electrons. The smallest absolute Gasteiger partial charge is 0.132 e. The van der Waals surface area contributed by atoms with Gasteiger partial charge < -0.3 is 11.1 Å². The van der Waals surface area contributed by atoms with Crippen LogP contribution in [0.5, 0.6) is 0 Å². The van der Waals surface area contributed by atoms with Crippen molar-refractivity contribution >= 4 is 11.9 Å². The molecule has 0 heterocycles. The Morgan fingerprint density at radius 3 is 2.77 bits per heavy atom. The maximum absolute atomic E-state index is 13.2. The number of allylic oxidation sites excluding steroid dienone is 1. The normalized spacial score (nSPS) is 11.4. The lowest BCUT2D eigenvalue weighted by Crippen LogP contribution is -1.99. The second-order valence-electron chi connectivity index (χ2n) is 2.77. The van der Waals surface area contributed by atoms with Gasteiger partial charge >= 0.3 is 0 Å². The van der Waals surface area contributed by atoms with Gasteiger partial charge in [-0.25, -0.2) is 4.39 Å². The zero-order valence-electron chi connectivity index (χ0n) is 7.34. The molecule has 3 heteroatoms. The molecular weight excluding hydrogens is 167 g/mol. The Kier molecular flexibility index (Phi) is 2.80. The lowest BCUT2D eigenvalue weighted by Gasteiger charge is -2.02. The number of hydrogen-bond donors (Lipinski definition) is 2. The summed E-state index contributed by atoms with van der Waals surface area (Å²) in [5, 5.41) is 6.79. The molecule has 0 atom stereocenters. The summed E-state index contributed by atoms with van der Waals surface area (Å²) in [6.07, 6.45) is 2.39. The van der Waals surface area contributed by atoms with E-state index in [0.717, 1.165) is 11.8 Å². The molecule has 0 aliphatic heterocycles. The lowest BCUT2D eigenvalue weighted by atomic mass is 10.1. The lowest BCUT2D eigenvalue weighted by molar-refractivity contribution is 0.622. The topological polar surface area (TPSA) is 49.9 Å². The van der Waals surface area contributed by atoms with Gasteiger partial charge in [-0.3, -0.25) is 0 Å². The summed E-state index contributed by atoms with van der Waals surface area (Å²) in [6, 6.07) is 4.81. The maximum Gasteiger partial charge on any atom is 0.132 e. The van der Waals surface area contributed by atoms with E-state index in [0.29, 0.717) is 5.56 Å². The van der Waals surface area contributed by atoms with Crippen molar-refractivity contribution in [1.82, 2.24) is 0 Å². The van der Waals surface area contributed by atoms with E-state index in [1.807, 2.05) is 6.92 Å². The van der Waals surface area contributed by atoms with Gasteiger partial charge in [-0.2, -0.15) is 0 Å². The Morgan fingerprint density at radius 2 is 2.23 bits per heavy atom. The van der Waals surface area contributed by atoms with E-state index in [1.54, 1.807) is 12.1 Å². The minimum atomic E-state index is -0.351. The van der Waals surface area contributed by atoms with E-state index in [4.69, 9.17) is 11.1 Å². The largest absolute Gasteiger partial charge is 0.398 e. The minimum absolute atomic E-state index is 0.271. The van der Waals surface area contributed by atoms with Gasteiger partial charge in [0.05, 0.1) is 0 Å². The van der Waals surface area contributed by atoms with Gasteiger partial charge in [-0.05, 0) is 30.7 Å². The van der Waals surface area contributed by atoms with Crippen LogP contribution in [0.1, 0.15) is 11.1 Å². The Morgan fingerprint density at radius 1 is 1.54 bits per heavy atom. The highest BCUT2D eigenvalue weighted by molar-refractivity contribution is 5.81. The fourth-order valence-electron chi connectivity index (χ4n) is 1.03. The Labute approximate surface area is 76.4 Å². The summed E-state index contributed by atoms with van der Waals surface area (Å²) < 4.78 is 13.2. The SMILES string of the molecule is Cc1ccc(/C(N)=C/C=N)c(F)c1. The molecule has 1 aromatic rings. The molecule has 1 rings (SSSR count). The quantitative estimate of drug-likeness (QED) is 0.669. The molecule has 0 saturated carbocycles. The molecule has 0 amide bonds. The van der Waals surface area contributed by atoms with Crippen LogP contribution in [0, 0.1) is 18.2 Å². The molecule has 2 nitrogen and oxygen atoms in total. The van der Waals surface area contributed by atoms with Crippen LogP contribution in [0.2, 0.25) is 0 Å². The fraction of sp³-hybridized carbons (Fsp3) is 0.100. The number of nitrogens with one attached hydrogen (secondary N) is 1. The van der Waals surface area contributed by atoms with Crippen molar-refractivity contribution < 1.29 is 4.39 Å². The maximum atomic E-state index is 13.2. The van der Waals surface area contributed by atoms with Crippen molar-refractivity contribution in [2.24, 2.45) is 5.73 Å². The van der Waals surface area contributed by atoms with Gasteiger partial charge in [0.1, 0.15) is 5.82 Å². The highest BCUT2D eigenvalue weighted by atomic mass is 19.1. The van der Waals surface area contributed by atoms with Crippen LogP contribution in [0.3, 0.4) is 0 Å². The van der Waals surface area contributed by atoms with Crippen LogP contribution in [0.15, 0.2) is 24.3 Å². The summed E-state index contributed by atoms with van der Waals surface area (Å²) in [6.45, 7) is 1.81. The van der Waals surface area contributed by atoms with Crippen LogP contribution < -0.4 is 5.73 Å². The van der Waals surface area contributed by atoms with Gasteiger partial charge in [-0.1, -0.05) is 6.07 Å². The molecule has 0 aliphatic rings. The van der Waals surface area contributed by atoms with Gasteiger partial charge in [-0.15, -0.1) is 0 Å². The zero-order valence-corrected chi connectivity index (χ0v) is 7.34. The third-order valence-electron chi connectivity index (χ3n) is 1.70. The number of benzene rings is 1. The van der Waals surface area contributed by atoms with Crippen LogP contribution in [-0.4, -0.2) is 6.21 Å². The monoisotopic (exact) mass is 178 g/mol. The molecule has 0 fully saturated rings. The van der Waals surface area contributed by atoms with Crippen molar-refractivity contribution in [2.45, 2.75) is 6.92 Å². The zero-order chi connectivity index (χ0) is 9.84. The molecular formula is C10H11FN2. The number of hydrogen-bond acceptors (Lipinski definition) is 2. The van der Waals surface area contributed by atoms with E-state index in [1.165, 1.54) is 12.1 Å². The third-order valence-corrected chi connectivity index (χ3v) is 1.70. The first kappa shape index (κ1) is 9.45. The van der Waals surface area contributed by atoms with Crippen molar-refractivity contribution in [3.63, 3.8) is 0 Å². The van der Waals surface area contributed by atoms with Crippen LogP contribution in [0.4, 0.5) is 4.39 Å². The molecule has 13 heavy (non-hydrogen) atoms. The number of nitrogens with two attached hydrogens (primary N) is 1. The average molecular weight is 178 g/mol. The summed E-state index contributed by atoms with van der Waals surface area (Å²) >= 11 is 0. The molecule has 0 unspecified atom stereocenters. The van der Waals surface area contributed by atoms with Gasteiger partial charge in [0.15, 0.2) is 0 Å². The summed E-state index contributed by atoms with van der Waals surface area (Å²) in [5.74, 6) is -0.351. The van der Waals surface area contributed by atoms with Crippen LogP contribution in [0.25, 0.3) is 5.70 Å². The first-order chi connectivity index (χ1) is 6.15. The summed E-state index contributed by atoms with van der Waals surface area (Å²) in [4.78, 5) is 0. The molecule has 0 bridgehead atoms. The Bertz CT molecular complexity index is 356. The molecule has 0 saturated heterocycles. The highest BCUT2D eigenvalue weighted by Gasteiger charge is 2.03. The van der Waals surface area contributed by atoms with Crippen molar-refractivity contribution in [3.05, 3.63) is 41.2 Å². The molecule has 0 aromatic heterocycles. The average Bonchev–Trinajstić information content (AvgIpc) is 2.04. The van der Waals surface area contributed by atoms with E-state index in [2.05, 4.69) is 0 Å². The fourth-order valence-corrected chi connectivity index (χ4v) is 1.03. The predicted octanol–water partition coefficient (Wildman–Crippen LogP) is 2.08. The molecule has 0 aliphatic carbocycles. The Balaban J connectivity index is 3.15. The molecule has 0 radical (unpaired) electrons. The van der Waals surface area contributed by atoms with Crippen molar-refractivity contribution in [2.75, 3.05) is 0 Å². The molecule has 1 aromatic carbocycles. The van der Waals surface area contributed by atoms with E-state index in [9.17, 15) is 4.39 Å². The molecule has 0 spiro atoms. The van der Waals surface area contributed by atoms with E-state index < -0.39 is 0 Å². The summed E-state index contributed by atoms with van der Waals surface area (Å²) in [5.41, 5.74) is 6.99. The third kappa shape index (κ3) is 2.15. The van der Waals surface area contributed by atoms with Gasteiger partial charge in [0, 0.05) is 17.5 Å². The highest BCUT2D eigenvalue weighted by Crippen LogP contribution is 2.14. The van der Waals surface area contributed by atoms with Crippen LogP contribution >= 0.6 is 0 Å². The summed E-state index contributed by atoms with van der Waals surface area (Å²) in [7, 11) is 0. The first-order valence-electron chi connectivity index (χ1n) is 3.88. The van der Waals surface area contributed by atoms with Crippen molar-refractivity contribution in [1.29, 1.82) is 5.41 Å². The number of halogens is 1. The Hall–Kier alpha value is -1.64. The van der Waals surface area contributed by atoms with Crippen molar-refractivity contribution in [3.8, 4) is 0 Å². The first-order valence-corrected chi connectivity index (χ1v) is 3.88. The number of rotatable bonds is 2. The second kappa shape index (κ2) is 3.85. The van der Waals surface area contributed by atoms with Gasteiger partial charge in [0.2, 0.25) is 0 Å². The molecule has 3 N–H and O–H groups in total. The van der Waals surface area contributed by atoms with Gasteiger partial charge in [0.25, 0.3) is 0 Å². The van der Waals surface area contributed by atoms with E-state index in [-0.39, 0.29) is 11.5 Å². The minimum Gasteiger partial charge on any atom is -0.398 e.